The molecule has 0 aliphatic carbocycles. The number of esters is 1. The standard InChI is InChI=1S/C17H16FNO2/c18-15-8-6-14(7-9-15)16-17(20)21-11-10-19(16)12-13-4-2-1-3-5-13/h1-9,16H,10-12H2/t16-/m0/s1. The third-order valence-electron chi connectivity index (χ3n) is 3.63. The Morgan fingerprint density at radius 1 is 1.10 bits per heavy atom. The third-order valence-corrected chi connectivity index (χ3v) is 3.63. The Kier molecular flexibility index (Phi) is 3.97. The largest absolute Gasteiger partial charge is 0.463 e. The first-order valence-electron chi connectivity index (χ1n) is 6.94. The van der Waals surface area contributed by atoms with E-state index in [1.165, 1.54) is 12.1 Å². The maximum Gasteiger partial charge on any atom is 0.328 e. The Hall–Kier alpha value is -2.20. The fourth-order valence-electron chi connectivity index (χ4n) is 2.60. The topological polar surface area (TPSA) is 29.5 Å². The lowest BCUT2D eigenvalue weighted by atomic mass is 10.0. The Balaban J connectivity index is 1.86. The summed E-state index contributed by atoms with van der Waals surface area (Å²) < 4.78 is 18.2. The Labute approximate surface area is 123 Å². The Morgan fingerprint density at radius 2 is 1.81 bits per heavy atom. The van der Waals surface area contributed by atoms with E-state index in [0.717, 1.165) is 11.1 Å². The predicted molar refractivity (Wildman–Crippen MR) is 77.0 cm³/mol. The second-order valence-corrected chi connectivity index (χ2v) is 5.08. The highest BCUT2D eigenvalue weighted by Crippen LogP contribution is 2.27. The molecule has 1 heterocycles. The van der Waals surface area contributed by atoms with Gasteiger partial charge in [0.1, 0.15) is 18.5 Å². The summed E-state index contributed by atoms with van der Waals surface area (Å²) in [5.74, 6) is -0.582. The van der Waals surface area contributed by atoms with Gasteiger partial charge in [-0.25, -0.2) is 9.18 Å². The normalized spacial score (nSPS) is 19.3. The highest BCUT2D eigenvalue weighted by molar-refractivity contribution is 5.78. The fraction of sp³-hybridized carbons (Fsp3) is 0.235. The van der Waals surface area contributed by atoms with Gasteiger partial charge in [-0.1, -0.05) is 42.5 Å². The molecule has 0 spiro atoms. The van der Waals surface area contributed by atoms with Gasteiger partial charge < -0.3 is 4.74 Å². The molecule has 1 aliphatic rings. The molecule has 0 amide bonds. The monoisotopic (exact) mass is 285 g/mol. The molecule has 1 aliphatic heterocycles. The van der Waals surface area contributed by atoms with E-state index in [1.54, 1.807) is 12.1 Å². The molecule has 0 unspecified atom stereocenters. The number of hydrogen-bond donors (Lipinski definition) is 0. The number of hydrogen-bond acceptors (Lipinski definition) is 3. The molecule has 0 aromatic heterocycles. The molecule has 1 fully saturated rings. The van der Waals surface area contributed by atoms with Gasteiger partial charge in [0.15, 0.2) is 0 Å². The molecule has 108 valence electrons. The van der Waals surface area contributed by atoms with Crippen molar-refractivity contribution in [3.05, 3.63) is 71.5 Å². The molecule has 1 atom stereocenters. The SMILES string of the molecule is O=C1OCCN(Cc2ccccc2)[C@H]1c1ccc(F)cc1. The average Bonchev–Trinajstić information content (AvgIpc) is 2.50. The van der Waals surface area contributed by atoms with Crippen LogP contribution in [-0.2, 0) is 16.1 Å². The van der Waals surface area contributed by atoms with Crippen molar-refractivity contribution < 1.29 is 13.9 Å². The minimum atomic E-state index is -0.473. The van der Waals surface area contributed by atoms with Gasteiger partial charge in [-0.3, -0.25) is 4.90 Å². The van der Waals surface area contributed by atoms with Gasteiger partial charge in [0.05, 0.1) is 0 Å². The minimum Gasteiger partial charge on any atom is -0.463 e. The highest BCUT2D eigenvalue weighted by atomic mass is 19.1. The zero-order valence-corrected chi connectivity index (χ0v) is 11.5. The zero-order chi connectivity index (χ0) is 14.7. The van der Waals surface area contributed by atoms with E-state index in [1.807, 2.05) is 30.3 Å². The molecule has 3 nitrogen and oxygen atoms in total. The molecule has 0 saturated carbocycles. The van der Waals surface area contributed by atoms with Gasteiger partial charge in [0.25, 0.3) is 0 Å². The van der Waals surface area contributed by atoms with E-state index < -0.39 is 6.04 Å². The molecule has 0 radical (unpaired) electrons. The summed E-state index contributed by atoms with van der Waals surface area (Å²) in [4.78, 5) is 14.2. The van der Waals surface area contributed by atoms with Crippen LogP contribution in [0.4, 0.5) is 4.39 Å². The molecular formula is C17H16FNO2. The van der Waals surface area contributed by atoms with Gasteiger partial charge in [0, 0.05) is 13.1 Å². The smallest absolute Gasteiger partial charge is 0.328 e. The Morgan fingerprint density at radius 3 is 2.52 bits per heavy atom. The van der Waals surface area contributed by atoms with Crippen LogP contribution in [0.15, 0.2) is 54.6 Å². The number of rotatable bonds is 3. The van der Waals surface area contributed by atoms with Gasteiger partial charge in [-0.2, -0.15) is 0 Å². The number of morpholine rings is 1. The first-order chi connectivity index (χ1) is 10.2. The second-order valence-electron chi connectivity index (χ2n) is 5.08. The molecular weight excluding hydrogens is 269 g/mol. The van der Waals surface area contributed by atoms with Crippen molar-refractivity contribution in [3.8, 4) is 0 Å². The molecule has 0 N–H and O–H groups in total. The highest BCUT2D eigenvalue weighted by Gasteiger charge is 2.32. The molecule has 2 aromatic carbocycles. The maximum atomic E-state index is 13.1. The molecule has 21 heavy (non-hydrogen) atoms. The van der Waals surface area contributed by atoms with Crippen molar-refractivity contribution in [1.82, 2.24) is 4.90 Å². The number of cyclic esters (lactones) is 1. The maximum absolute atomic E-state index is 13.1. The summed E-state index contributed by atoms with van der Waals surface area (Å²) in [7, 11) is 0. The number of carbonyl (C=O) groups excluding carboxylic acids is 1. The van der Waals surface area contributed by atoms with Crippen LogP contribution in [0.25, 0.3) is 0 Å². The van der Waals surface area contributed by atoms with E-state index in [-0.39, 0.29) is 11.8 Å². The molecule has 4 heteroatoms. The van der Waals surface area contributed by atoms with Crippen molar-refractivity contribution >= 4 is 5.97 Å². The fourth-order valence-corrected chi connectivity index (χ4v) is 2.60. The average molecular weight is 285 g/mol. The third kappa shape index (κ3) is 3.11. The van der Waals surface area contributed by atoms with Gasteiger partial charge in [-0.15, -0.1) is 0 Å². The summed E-state index contributed by atoms with van der Waals surface area (Å²) in [6.45, 7) is 1.73. The van der Waals surface area contributed by atoms with E-state index in [2.05, 4.69) is 4.90 Å². The van der Waals surface area contributed by atoms with Crippen LogP contribution in [-0.4, -0.2) is 24.0 Å². The number of benzene rings is 2. The summed E-state index contributed by atoms with van der Waals surface area (Å²) in [5.41, 5.74) is 1.90. The van der Waals surface area contributed by atoms with Crippen molar-refractivity contribution in [3.63, 3.8) is 0 Å². The van der Waals surface area contributed by atoms with Gasteiger partial charge >= 0.3 is 5.97 Å². The summed E-state index contributed by atoms with van der Waals surface area (Å²) in [5, 5.41) is 0. The van der Waals surface area contributed by atoms with Crippen molar-refractivity contribution in [2.45, 2.75) is 12.6 Å². The quantitative estimate of drug-likeness (QED) is 0.812. The predicted octanol–water partition coefficient (Wildman–Crippen LogP) is 2.93. The minimum absolute atomic E-state index is 0.274. The molecule has 3 rings (SSSR count). The summed E-state index contributed by atoms with van der Waals surface area (Å²) in [6.07, 6.45) is 0. The first kappa shape index (κ1) is 13.8. The number of carbonyl (C=O) groups is 1. The Bertz CT molecular complexity index is 612. The molecule has 1 saturated heterocycles. The molecule has 2 aromatic rings. The number of nitrogens with zero attached hydrogens (tertiary/aromatic N) is 1. The van der Waals surface area contributed by atoms with Crippen molar-refractivity contribution in [2.24, 2.45) is 0 Å². The number of halogens is 1. The lowest BCUT2D eigenvalue weighted by Crippen LogP contribution is -2.42. The van der Waals surface area contributed by atoms with Gasteiger partial charge in [0.2, 0.25) is 0 Å². The zero-order valence-electron chi connectivity index (χ0n) is 11.5. The first-order valence-corrected chi connectivity index (χ1v) is 6.94. The van der Waals surface area contributed by atoms with Crippen LogP contribution in [0.2, 0.25) is 0 Å². The van der Waals surface area contributed by atoms with Crippen LogP contribution in [0.1, 0.15) is 17.2 Å². The van der Waals surface area contributed by atoms with Crippen LogP contribution in [0, 0.1) is 5.82 Å². The van der Waals surface area contributed by atoms with Crippen LogP contribution < -0.4 is 0 Å². The summed E-state index contributed by atoms with van der Waals surface area (Å²) in [6, 6.07) is 15.5. The van der Waals surface area contributed by atoms with E-state index in [9.17, 15) is 9.18 Å². The van der Waals surface area contributed by atoms with Gasteiger partial charge in [-0.05, 0) is 23.3 Å². The van der Waals surface area contributed by atoms with Crippen molar-refractivity contribution in [2.75, 3.05) is 13.2 Å². The van der Waals surface area contributed by atoms with Crippen LogP contribution in [0.3, 0.4) is 0 Å². The van der Waals surface area contributed by atoms with E-state index in [4.69, 9.17) is 4.74 Å². The lowest BCUT2D eigenvalue weighted by molar-refractivity contribution is -0.158. The van der Waals surface area contributed by atoms with Crippen LogP contribution >= 0.6 is 0 Å². The lowest BCUT2D eigenvalue weighted by Gasteiger charge is -2.34. The molecule has 0 bridgehead atoms. The van der Waals surface area contributed by atoms with Crippen LogP contribution in [0.5, 0.6) is 0 Å². The number of ether oxygens (including phenoxy) is 1. The second kappa shape index (κ2) is 6.06. The van der Waals surface area contributed by atoms with E-state index >= 15 is 0 Å². The van der Waals surface area contributed by atoms with E-state index in [0.29, 0.717) is 19.7 Å². The van der Waals surface area contributed by atoms with Crippen molar-refractivity contribution in [1.29, 1.82) is 0 Å². The summed E-state index contributed by atoms with van der Waals surface area (Å²) >= 11 is 0.